The third-order valence-electron chi connectivity index (χ3n) is 2.71. The Kier molecular flexibility index (Phi) is 4.54. The molecule has 4 heteroatoms. The molecule has 1 unspecified atom stereocenters. The Balaban J connectivity index is 2.18. The number of rotatable bonds is 5. The quantitative estimate of drug-likeness (QED) is 0.711. The number of hydrogen-bond acceptors (Lipinski definition) is 3. The Bertz CT molecular complexity index is 211. The summed E-state index contributed by atoms with van der Waals surface area (Å²) in [5.74, 6) is 0.0703. The normalized spacial score (nSPS) is 21.7. The molecule has 1 aliphatic rings. The molecule has 1 amide bonds. The molecule has 0 aliphatic carbocycles. The molecule has 0 bridgehead atoms. The maximum atomic E-state index is 11.6. The van der Waals surface area contributed by atoms with Gasteiger partial charge in [0.25, 0.3) is 0 Å². The van der Waals surface area contributed by atoms with E-state index in [9.17, 15) is 4.79 Å². The highest BCUT2D eigenvalue weighted by Crippen LogP contribution is 2.16. The second-order valence-corrected chi connectivity index (χ2v) is 4.81. The van der Waals surface area contributed by atoms with Gasteiger partial charge in [0.2, 0.25) is 5.91 Å². The molecule has 0 aromatic rings. The van der Waals surface area contributed by atoms with Gasteiger partial charge in [-0.15, -0.1) is 0 Å². The number of carbonyl (C=O) groups is 1. The lowest BCUT2D eigenvalue weighted by atomic mass is 10.1. The van der Waals surface area contributed by atoms with Gasteiger partial charge in [0.1, 0.15) is 0 Å². The summed E-state index contributed by atoms with van der Waals surface area (Å²) in [6.07, 6.45) is 3.87. The van der Waals surface area contributed by atoms with Gasteiger partial charge in [-0.1, -0.05) is 0 Å². The van der Waals surface area contributed by atoms with Gasteiger partial charge in [-0.05, 0) is 33.1 Å². The summed E-state index contributed by atoms with van der Waals surface area (Å²) in [4.78, 5) is 11.6. The van der Waals surface area contributed by atoms with Crippen molar-refractivity contribution in [1.29, 1.82) is 0 Å². The summed E-state index contributed by atoms with van der Waals surface area (Å²) in [7, 11) is 0. The lowest BCUT2D eigenvalue weighted by Gasteiger charge is -2.24. The number of amides is 1. The Hall–Kier alpha value is -0.610. The van der Waals surface area contributed by atoms with Crippen LogP contribution in [0.25, 0.3) is 0 Å². The first-order chi connectivity index (χ1) is 7.03. The molecule has 1 rings (SSSR count). The van der Waals surface area contributed by atoms with E-state index in [0.29, 0.717) is 13.0 Å². The molecule has 1 fully saturated rings. The molecular formula is C11H22N2O2. The highest BCUT2D eigenvalue weighted by Gasteiger charge is 2.20. The van der Waals surface area contributed by atoms with Gasteiger partial charge < -0.3 is 15.8 Å². The molecule has 0 spiro atoms. The van der Waals surface area contributed by atoms with E-state index in [-0.39, 0.29) is 17.6 Å². The van der Waals surface area contributed by atoms with Crippen molar-refractivity contribution in [3.63, 3.8) is 0 Å². The molecule has 0 aromatic heterocycles. The number of nitrogens with one attached hydrogen (secondary N) is 1. The predicted octanol–water partition coefficient (Wildman–Crippen LogP) is 0.799. The first-order valence-corrected chi connectivity index (χ1v) is 5.66. The van der Waals surface area contributed by atoms with E-state index in [1.54, 1.807) is 0 Å². The summed E-state index contributed by atoms with van der Waals surface area (Å²) >= 11 is 0. The molecule has 3 N–H and O–H groups in total. The Morgan fingerprint density at radius 1 is 1.60 bits per heavy atom. The first kappa shape index (κ1) is 12.5. The van der Waals surface area contributed by atoms with Crippen LogP contribution >= 0.6 is 0 Å². The van der Waals surface area contributed by atoms with Crippen LogP contribution in [0.1, 0.15) is 39.5 Å². The van der Waals surface area contributed by atoms with Gasteiger partial charge in [-0.3, -0.25) is 4.79 Å². The zero-order valence-corrected chi connectivity index (χ0v) is 9.71. The summed E-state index contributed by atoms with van der Waals surface area (Å²) < 4.78 is 5.46. The fraction of sp³-hybridized carbons (Fsp3) is 0.909. The van der Waals surface area contributed by atoms with Crippen LogP contribution < -0.4 is 11.1 Å². The maximum Gasteiger partial charge on any atom is 0.220 e. The van der Waals surface area contributed by atoms with Crippen molar-refractivity contribution in [2.45, 2.75) is 51.2 Å². The van der Waals surface area contributed by atoms with E-state index in [0.717, 1.165) is 25.9 Å². The fourth-order valence-electron chi connectivity index (χ4n) is 1.66. The second-order valence-electron chi connectivity index (χ2n) is 4.81. The summed E-state index contributed by atoms with van der Waals surface area (Å²) in [6, 6.07) is 0. The zero-order chi connectivity index (χ0) is 11.3. The Labute approximate surface area is 91.5 Å². The molecule has 1 atom stereocenters. The molecule has 1 aliphatic heterocycles. The van der Waals surface area contributed by atoms with Crippen LogP contribution in [0.4, 0.5) is 0 Å². The van der Waals surface area contributed by atoms with Gasteiger partial charge in [-0.25, -0.2) is 0 Å². The highest BCUT2D eigenvalue weighted by molar-refractivity contribution is 5.76. The SMILES string of the molecule is CC(C)(CN)NC(=O)CCC1CCCO1. The van der Waals surface area contributed by atoms with Gasteiger partial charge in [0.05, 0.1) is 6.10 Å². The molecule has 0 saturated carbocycles. The van der Waals surface area contributed by atoms with Crippen LogP contribution in [0.15, 0.2) is 0 Å². The zero-order valence-electron chi connectivity index (χ0n) is 9.71. The van der Waals surface area contributed by atoms with Gasteiger partial charge >= 0.3 is 0 Å². The average molecular weight is 214 g/mol. The average Bonchev–Trinajstić information content (AvgIpc) is 2.66. The Morgan fingerprint density at radius 3 is 2.87 bits per heavy atom. The van der Waals surface area contributed by atoms with Crippen molar-refractivity contribution in [3.8, 4) is 0 Å². The van der Waals surface area contributed by atoms with Crippen molar-refractivity contribution in [2.75, 3.05) is 13.2 Å². The van der Waals surface area contributed by atoms with Gasteiger partial charge in [0, 0.05) is 25.1 Å². The third-order valence-corrected chi connectivity index (χ3v) is 2.71. The van der Waals surface area contributed by atoms with E-state index < -0.39 is 0 Å². The lowest BCUT2D eigenvalue weighted by molar-refractivity contribution is -0.123. The molecule has 15 heavy (non-hydrogen) atoms. The molecule has 0 radical (unpaired) electrons. The minimum atomic E-state index is -0.298. The number of carbonyl (C=O) groups excluding carboxylic acids is 1. The third kappa shape index (κ3) is 4.62. The van der Waals surface area contributed by atoms with Crippen molar-refractivity contribution in [2.24, 2.45) is 5.73 Å². The smallest absolute Gasteiger partial charge is 0.220 e. The predicted molar refractivity (Wildman–Crippen MR) is 59.5 cm³/mol. The van der Waals surface area contributed by atoms with Crippen LogP contribution in [-0.4, -0.2) is 30.7 Å². The topological polar surface area (TPSA) is 64.3 Å². The first-order valence-electron chi connectivity index (χ1n) is 5.66. The van der Waals surface area contributed by atoms with Gasteiger partial charge in [0.15, 0.2) is 0 Å². The maximum absolute atomic E-state index is 11.6. The second kappa shape index (κ2) is 5.47. The van der Waals surface area contributed by atoms with Crippen LogP contribution in [0.3, 0.4) is 0 Å². The summed E-state index contributed by atoms with van der Waals surface area (Å²) in [6.45, 7) is 5.16. The van der Waals surface area contributed by atoms with E-state index in [4.69, 9.17) is 10.5 Å². The van der Waals surface area contributed by atoms with E-state index in [1.165, 1.54) is 0 Å². The van der Waals surface area contributed by atoms with E-state index in [1.807, 2.05) is 13.8 Å². The molecule has 88 valence electrons. The highest BCUT2D eigenvalue weighted by atomic mass is 16.5. The van der Waals surface area contributed by atoms with Crippen molar-refractivity contribution in [3.05, 3.63) is 0 Å². The molecule has 4 nitrogen and oxygen atoms in total. The van der Waals surface area contributed by atoms with Crippen molar-refractivity contribution >= 4 is 5.91 Å². The summed E-state index contributed by atoms with van der Waals surface area (Å²) in [5, 5.41) is 2.91. The molecular weight excluding hydrogens is 192 g/mol. The van der Waals surface area contributed by atoms with Crippen LogP contribution in [0, 0.1) is 0 Å². The summed E-state index contributed by atoms with van der Waals surface area (Å²) in [5.41, 5.74) is 5.24. The lowest BCUT2D eigenvalue weighted by Crippen LogP contribution is -2.48. The fourth-order valence-corrected chi connectivity index (χ4v) is 1.66. The van der Waals surface area contributed by atoms with Crippen molar-refractivity contribution < 1.29 is 9.53 Å². The number of nitrogens with two attached hydrogens (primary N) is 1. The van der Waals surface area contributed by atoms with E-state index >= 15 is 0 Å². The van der Waals surface area contributed by atoms with Crippen LogP contribution in [0.5, 0.6) is 0 Å². The minimum absolute atomic E-state index is 0.0703. The molecule has 0 aromatic carbocycles. The van der Waals surface area contributed by atoms with Crippen molar-refractivity contribution in [1.82, 2.24) is 5.32 Å². The molecule has 1 saturated heterocycles. The number of hydrogen-bond donors (Lipinski definition) is 2. The van der Waals surface area contributed by atoms with Crippen LogP contribution in [0.2, 0.25) is 0 Å². The van der Waals surface area contributed by atoms with Gasteiger partial charge in [-0.2, -0.15) is 0 Å². The number of ether oxygens (including phenoxy) is 1. The monoisotopic (exact) mass is 214 g/mol. The van der Waals surface area contributed by atoms with E-state index in [2.05, 4.69) is 5.32 Å². The molecule has 1 heterocycles. The largest absolute Gasteiger partial charge is 0.378 e. The van der Waals surface area contributed by atoms with Crippen LogP contribution in [-0.2, 0) is 9.53 Å². The minimum Gasteiger partial charge on any atom is -0.378 e. The Morgan fingerprint density at radius 2 is 2.33 bits per heavy atom. The standard InChI is InChI=1S/C11H22N2O2/c1-11(2,8-12)13-10(14)6-5-9-4-3-7-15-9/h9H,3-8,12H2,1-2H3,(H,13,14).